The van der Waals surface area contributed by atoms with Gasteiger partial charge in [0, 0.05) is 23.6 Å². The molecule has 4 heteroatoms. The van der Waals surface area contributed by atoms with Gasteiger partial charge in [-0.2, -0.15) is 0 Å². The zero-order chi connectivity index (χ0) is 9.97. The lowest BCUT2D eigenvalue weighted by Gasteiger charge is -2.26. The van der Waals surface area contributed by atoms with Crippen LogP contribution in [0.25, 0.3) is 0 Å². The standard InChI is InChI=1S/C10H11BrN2O/c11-8-5-9(7-12-6-8)13-4-2-1-3-10(13)14/h5-7H,1-4H2. The van der Waals surface area contributed by atoms with E-state index in [1.54, 1.807) is 17.3 Å². The van der Waals surface area contributed by atoms with Crippen LogP contribution in [0.5, 0.6) is 0 Å². The molecule has 0 radical (unpaired) electrons. The number of halogens is 1. The van der Waals surface area contributed by atoms with E-state index in [2.05, 4.69) is 20.9 Å². The average molecular weight is 255 g/mol. The van der Waals surface area contributed by atoms with Crippen molar-refractivity contribution in [2.75, 3.05) is 11.4 Å². The molecule has 1 fully saturated rings. The van der Waals surface area contributed by atoms with Crippen molar-refractivity contribution in [3.05, 3.63) is 22.9 Å². The van der Waals surface area contributed by atoms with Crippen LogP contribution in [0.4, 0.5) is 5.69 Å². The Morgan fingerprint density at radius 3 is 2.93 bits per heavy atom. The molecule has 2 rings (SSSR count). The van der Waals surface area contributed by atoms with Gasteiger partial charge in [0.05, 0.1) is 11.9 Å². The lowest BCUT2D eigenvalue weighted by Crippen LogP contribution is -2.35. The molecule has 0 saturated carbocycles. The molecule has 14 heavy (non-hydrogen) atoms. The van der Waals surface area contributed by atoms with Gasteiger partial charge in [-0.05, 0) is 34.8 Å². The monoisotopic (exact) mass is 254 g/mol. The molecule has 1 aromatic rings. The molecule has 0 unspecified atom stereocenters. The Balaban J connectivity index is 2.24. The summed E-state index contributed by atoms with van der Waals surface area (Å²) in [4.78, 5) is 17.4. The molecule has 1 aromatic heterocycles. The minimum absolute atomic E-state index is 0.205. The average Bonchev–Trinajstić information content (AvgIpc) is 2.18. The third-order valence-corrected chi connectivity index (χ3v) is 2.76. The van der Waals surface area contributed by atoms with E-state index in [1.165, 1.54) is 0 Å². The van der Waals surface area contributed by atoms with Gasteiger partial charge in [-0.15, -0.1) is 0 Å². The molecule has 74 valence electrons. The van der Waals surface area contributed by atoms with Crippen molar-refractivity contribution in [1.82, 2.24) is 4.98 Å². The lowest BCUT2D eigenvalue weighted by molar-refractivity contribution is -0.119. The number of nitrogens with zero attached hydrogens (tertiary/aromatic N) is 2. The van der Waals surface area contributed by atoms with Gasteiger partial charge in [-0.3, -0.25) is 9.78 Å². The molecule has 0 bridgehead atoms. The Morgan fingerprint density at radius 2 is 2.21 bits per heavy atom. The molecule has 1 aliphatic heterocycles. The second-order valence-electron chi connectivity index (χ2n) is 3.36. The summed E-state index contributed by atoms with van der Waals surface area (Å²) in [7, 11) is 0. The molecule has 1 aliphatic rings. The Hall–Kier alpha value is -0.900. The van der Waals surface area contributed by atoms with Crippen LogP contribution in [0.1, 0.15) is 19.3 Å². The Bertz CT molecular complexity index is 354. The summed E-state index contributed by atoms with van der Waals surface area (Å²) >= 11 is 3.35. The van der Waals surface area contributed by atoms with E-state index in [4.69, 9.17) is 0 Å². The van der Waals surface area contributed by atoms with Gasteiger partial charge in [0.2, 0.25) is 5.91 Å². The maximum absolute atomic E-state index is 11.6. The molecule has 0 atom stereocenters. The van der Waals surface area contributed by atoms with Crippen LogP contribution in [0.15, 0.2) is 22.9 Å². The number of hydrogen-bond donors (Lipinski definition) is 0. The fourth-order valence-corrected chi connectivity index (χ4v) is 1.98. The minimum Gasteiger partial charge on any atom is -0.311 e. The zero-order valence-corrected chi connectivity index (χ0v) is 9.33. The predicted molar refractivity (Wildman–Crippen MR) is 58.1 cm³/mol. The lowest BCUT2D eigenvalue weighted by atomic mass is 10.1. The largest absolute Gasteiger partial charge is 0.311 e. The molecule has 0 aromatic carbocycles. The van der Waals surface area contributed by atoms with E-state index in [1.807, 2.05) is 6.07 Å². The fraction of sp³-hybridized carbons (Fsp3) is 0.400. The van der Waals surface area contributed by atoms with Crippen LogP contribution in [-0.2, 0) is 4.79 Å². The molecular formula is C10H11BrN2O. The first-order chi connectivity index (χ1) is 6.77. The highest BCUT2D eigenvalue weighted by Crippen LogP contribution is 2.22. The van der Waals surface area contributed by atoms with E-state index in [-0.39, 0.29) is 5.91 Å². The van der Waals surface area contributed by atoms with Gasteiger partial charge in [0.1, 0.15) is 0 Å². The molecule has 0 spiro atoms. The smallest absolute Gasteiger partial charge is 0.227 e. The summed E-state index contributed by atoms with van der Waals surface area (Å²) in [6.45, 7) is 0.816. The highest BCUT2D eigenvalue weighted by molar-refractivity contribution is 9.10. The normalized spacial score (nSPS) is 17.2. The van der Waals surface area contributed by atoms with Crippen molar-refractivity contribution in [2.24, 2.45) is 0 Å². The first-order valence-electron chi connectivity index (χ1n) is 4.68. The Morgan fingerprint density at radius 1 is 1.36 bits per heavy atom. The topological polar surface area (TPSA) is 33.2 Å². The SMILES string of the molecule is O=C1CCCCN1c1cncc(Br)c1. The highest BCUT2D eigenvalue weighted by Gasteiger charge is 2.19. The van der Waals surface area contributed by atoms with Crippen molar-refractivity contribution in [3.8, 4) is 0 Å². The molecule has 1 amide bonds. The maximum Gasteiger partial charge on any atom is 0.227 e. The van der Waals surface area contributed by atoms with Gasteiger partial charge < -0.3 is 4.90 Å². The van der Waals surface area contributed by atoms with Gasteiger partial charge in [0.15, 0.2) is 0 Å². The van der Waals surface area contributed by atoms with Crippen LogP contribution < -0.4 is 4.90 Å². The number of anilines is 1. The molecule has 2 heterocycles. The quantitative estimate of drug-likeness (QED) is 0.771. The third kappa shape index (κ3) is 1.95. The number of aromatic nitrogens is 1. The van der Waals surface area contributed by atoms with Crippen LogP contribution in [-0.4, -0.2) is 17.4 Å². The van der Waals surface area contributed by atoms with Gasteiger partial charge in [-0.1, -0.05) is 0 Å². The number of carbonyl (C=O) groups excluding carboxylic acids is 1. The second kappa shape index (κ2) is 4.09. The summed E-state index contributed by atoms with van der Waals surface area (Å²) < 4.78 is 0.911. The van der Waals surface area contributed by atoms with Gasteiger partial charge in [0.25, 0.3) is 0 Å². The molecule has 0 aliphatic carbocycles. The first-order valence-corrected chi connectivity index (χ1v) is 5.47. The van der Waals surface area contributed by atoms with Crippen molar-refractivity contribution < 1.29 is 4.79 Å². The summed E-state index contributed by atoms with van der Waals surface area (Å²) in [6, 6.07) is 1.93. The van der Waals surface area contributed by atoms with E-state index in [9.17, 15) is 4.79 Å². The molecule has 3 nitrogen and oxygen atoms in total. The van der Waals surface area contributed by atoms with Crippen molar-refractivity contribution in [2.45, 2.75) is 19.3 Å². The molecular weight excluding hydrogens is 244 g/mol. The second-order valence-corrected chi connectivity index (χ2v) is 4.28. The van der Waals surface area contributed by atoms with Gasteiger partial charge in [-0.25, -0.2) is 0 Å². The van der Waals surface area contributed by atoms with E-state index < -0.39 is 0 Å². The number of amides is 1. The Labute approximate surface area is 91.3 Å². The van der Waals surface area contributed by atoms with Crippen molar-refractivity contribution >= 4 is 27.5 Å². The van der Waals surface area contributed by atoms with E-state index >= 15 is 0 Å². The molecule has 1 saturated heterocycles. The van der Waals surface area contributed by atoms with Crippen LogP contribution >= 0.6 is 15.9 Å². The number of carbonyl (C=O) groups is 1. The number of pyridine rings is 1. The third-order valence-electron chi connectivity index (χ3n) is 2.33. The minimum atomic E-state index is 0.205. The first kappa shape index (κ1) is 9.65. The predicted octanol–water partition coefficient (Wildman–Crippen LogP) is 2.36. The van der Waals surface area contributed by atoms with Crippen molar-refractivity contribution in [1.29, 1.82) is 0 Å². The van der Waals surface area contributed by atoms with Crippen LogP contribution in [0, 0.1) is 0 Å². The summed E-state index contributed by atoms with van der Waals surface area (Å²) in [5, 5.41) is 0. The number of rotatable bonds is 1. The Kier molecular flexibility index (Phi) is 2.82. The summed E-state index contributed by atoms with van der Waals surface area (Å²) in [6.07, 6.45) is 6.20. The molecule has 0 N–H and O–H groups in total. The number of piperidine rings is 1. The fourth-order valence-electron chi connectivity index (χ4n) is 1.63. The summed E-state index contributed by atoms with van der Waals surface area (Å²) in [5.74, 6) is 0.205. The highest BCUT2D eigenvalue weighted by atomic mass is 79.9. The number of hydrogen-bond acceptors (Lipinski definition) is 2. The zero-order valence-electron chi connectivity index (χ0n) is 7.74. The van der Waals surface area contributed by atoms with E-state index in [0.717, 1.165) is 29.5 Å². The van der Waals surface area contributed by atoms with Crippen LogP contribution in [0.3, 0.4) is 0 Å². The van der Waals surface area contributed by atoms with Gasteiger partial charge >= 0.3 is 0 Å². The van der Waals surface area contributed by atoms with Crippen molar-refractivity contribution in [3.63, 3.8) is 0 Å². The summed E-state index contributed by atoms with van der Waals surface area (Å²) in [5.41, 5.74) is 0.893. The maximum atomic E-state index is 11.6. The van der Waals surface area contributed by atoms with E-state index in [0.29, 0.717) is 6.42 Å². The van der Waals surface area contributed by atoms with Crippen LogP contribution in [0.2, 0.25) is 0 Å².